The smallest absolute Gasteiger partial charge is 0.356 e. The van der Waals surface area contributed by atoms with Crippen LogP contribution in [-0.4, -0.2) is 45.8 Å². The van der Waals surface area contributed by atoms with Crippen molar-refractivity contribution in [1.82, 2.24) is 10.2 Å². The molecular weight excluding hydrogens is 693 g/mol. The Morgan fingerprint density at radius 3 is 1.75 bits per heavy atom. The first-order chi connectivity index (χ1) is 25.5. The number of fused-ring (bicyclic) bond motifs is 1. The van der Waals surface area contributed by atoms with Gasteiger partial charge in [-0.1, -0.05) is 127 Å². The van der Waals surface area contributed by atoms with Gasteiger partial charge in [0.1, 0.15) is 17.1 Å². The number of hydrogen-bond donors (Lipinski definition) is 1. The summed E-state index contributed by atoms with van der Waals surface area (Å²) < 4.78 is 12.2. The number of rotatable bonds is 12. The summed E-state index contributed by atoms with van der Waals surface area (Å²) in [6.45, 7) is 0. The fraction of sp³-hybridized carbons (Fsp3) is 0.143. The lowest BCUT2D eigenvalue weighted by Crippen LogP contribution is -2.70. The molecule has 2 aliphatic heterocycles. The minimum Gasteiger partial charge on any atom is -0.449 e. The van der Waals surface area contributed by atoms with E-state index in [1.54, 1.807) is 0 Å². The van der Waals surface area contributed by atoms with Gasteiger partial charge in [-0.05, 0) is 45.3 Å². The fourth-order valence-electron chi connectivity index (χ4n) is 6.21. The van der Waals surface area contributed by atoms with E-state index >= 15 is 0 Å². The number of carbonyl (C=O) groups excluding carboxylic acids is 4. The second-order valence-corrected chi connectivity index (χ2v) is 14.3. The molecule has 1 N–H and O–H groups in total. The van der Waals surface area contributed by atoms with E-state index in [0.29, 0.717) is 5.57 Å². The van der Waals surface area contributed by atoms with Gasteiger partial charge in [0.15, 0.2) is 12.2 Å². The van der Waals surface area contributed by atoms with Crippen LogP contribution >= 0.6 is 23.1 Å². The number of esters is 2. The molecule has 0 bridgehead atoms. The molecule has 4 aromatic carbocycles. The summed E-state index contributed by atoms with van der Waals surface area (Å²) >= 11 is 2.87. The molecule has 3 heterocycles. The zero-order chi connectivity index (χ0) is 35.9. The largest absolute Gasteiger partial charge is 0.449 e. The van der Waals surface area contributed by atoms with Gasteiger partial charge in [-0.2, -0.15) is 0 Å². The molecule has 1 aromatic heterocycles. The number of hydrogen-bond acceptors (Lipinski definition) is 8. The van der Waals surface area contributed by atoms with Crippen molar-refractivity contribution in [2.24, 2.45) is 0 Å². The summed E-state index contributed by atoms with van der Waals surface area (Å²) in [6, 6.07) is 40.5. The van der Waals surface area contributed by atoms with Gasteiger partial charge in [0.25, 0.3) is 5.91 Å². The van der Waals surface area contributed by atoms with Crippen LogP contribution in [-0.2, 0) is 35.1 Å². The van der Waals surface area contributed by atoms with Crippen molar-refractivity contribution in [1.29, 1.82) is 0 Å². The van der Waals surface area contributed by atoms with Crippen molar-refractivity contribution in [2.75, 3.05) is 5.75 Å². The normalized spacial score (nSPS) is 16.8. The Morgan fingerprint density at radius 2 is 1.25 bits per heavy atom. The minimum absolute atomic E-state index is 0.0288. The predicted octanol–water partition coefficient (Wildman–Crippen LogP) is 7.17. The molecule has 10 heteroatoms. The first-order valence-electron chi connectivity index (χ1n) is 16.8. The van der Waals surface area contributed by atoms with Crippen LogP contribution in [0.5, 0.6) is 0 Å². The van der Waals surface area contributed by atoms with Gasteiger partial charge < -0.3 is 14.8 Å². The molecule has 2 atom stereocenters. The van der Waals surface area contributed by atoms with Gasteiger partial charge in [0, 0.05) is 16.7 Å². The summed E-state index contributed by atoms with van der Waals surface area (Å²) in [5, 5.41) is 4.23. The van der Waals surface area contributed by atoms with Crippen molar-refractivity contribution in [3.05, 3.63) is 189 Å². The van der Waals surface area contributed by atoms with E-state index in [1.165, 1.54) is 40.2 Å². The molecule has 0 unspecified atom stereocenters. The monoisotopic (exact) mass is 726 g/mol. The number of ether oxygens (including phenoxy) is 2. The summed E-state index contributed by atoms with van der Waals surface area (Å²) in [6.07, 6.45) is 1.53. The number of benzene rings is 4. The highest BCUT2D eigenvalue weighted by Gasteiger charge is 2.54. The maximum Gasteiger partial charge on any atom is 0.356 e. The molecule has 0 spiro atoms. The van der Waals surface area contributed by atoms with Crippen LogP contribution in [0.15, 0.2) is 162 Å². The van der Waals surface area contributed by atoms with E-state index in [1.807, 2.05) is 139 Å². The third kappa shape index (κ3) is 7.78. The second kappa shape index (κ2) is 16.1. The highest BCUT2D eigenvalue weighted by atomic mass is 32.2. The van der Waals surface area contributed by atoms with Crippen LogP contribution < -0.4 is 5.32 Å². The van der Waals surface area contributed by atoms with Gasteiger partial charge in [-0.3, -0.25) is 14.5 Å². The molecule has 2 aliphatic rings. The molecule has 7 rings (SSSR count). The summed E-state index contributed by atoms with van der Waals surface area (Å²) in [5.41, 5.74) is 3.58. The molecule has 52 heavy (non-hydrogen) atoms. The molecule has 5 aromatic rings. The number of nitrogens with zero attached hydrogens (tertiary/aromatic N) is 1. The lowest BCUT2D eigenvalue weighted by Gasteiger charge is -2.49. The predicted molar refractivity (Wildman–Crippen MR) is 201 cm³/mol. The first-order valence-corrected chi connectivity index (χ1v) is 18.7. The Balaban J connectivity index is 1.18. The Labute approximate surface area is 309 Å². The number of thioether (sulfide) groups is 1. The van der Waals surface area contributed by atoms with Crippen LogP contribution in [0, 0.1) is 0 Å². The number of allylic oxidation sites excluding steroid dienone is 1. The van der Waals surface area contributed by atoms with E-state index in [0.717, 1.165) is 27.1 Å². The van der Waals surface area contributed by atoms with Crippen LogP contribution in [0.2, 0.25) is 0 Å². The van der Waals surface area contributed by atoms with Gasteiger partial charge in [-0.25, -0.2) is 9.59 Å². The van der Waals surface area contributed by atoms with Crippen molar-refractivity contribution >= 4 is 46.9 Å². The van der Waals surface area contributed by atoms with Gasteiger partial charge in [0.05, 0.1) is 6.42 Å². The van der Waals surface area contributed by atoms with Crippen molar-refractivity contribution < 1.29 is 28.7 Å². The molecular formula is C42H34N2O6S2. The maximum atomic E-state index is 14.3. The molecule has 8 nitrogen and oxygen atoms in total. The second-order valence-electron chi connectivity index (χ2n) is 12.2. The Hall–Kier alpha value is -5.71. The van der Waals surface area contributed by atoms with Crippen molar-refractivity contribution in [3.8, 4) is 0 Å². The van der Waals surface area contributed by atoms with E-state index < -0.39 is 41.5 Å². The molecule has 0 saturated carbocycles. The molecule has 2 amide bonds. The van der Waals surface area contributed by atoms with Gasteiger partial charge in [-0.15, -0.1) is 23.1 Å². The van der Waals surface area contributed by atoms with Crippen LogP contribution in [0.25, 0.3) is 0 Å². The van der Waals surface area contributed by atoms with E-state index in [9.17, 15) is 19.2 Å². The lowest BCUT2D eigenvalue weighted by molar-refractivity contribution is -0.154. The Bertz CT molecular complexity index is 2010. The third-order valence-corrected chi connectivity index (χ3v) is 10.9. The van der Waals surface area contributed by atoms with E-state index in [4.69, 9.17) is 9.47 Å². The number of carbonyl (C=O) groups is 4. The average molecular weight is 727 g/mol. The quantitative estimate of drug-likeness (QED) is 0.0827. The molecule has 1 saturated heterocycles. The first kappa shape index (κ1) is 34.7. The van der Waals surface area contributed by atoms with Crippen LogP contribution in [0.3, 0.4) is 0 Å². The van der Waals surface area contributed by atoms with E-state index in [2.05, 4.69) is 5.32 Å². The average Bonchev–Trinajstić information content (AvgIpc) is 3.71. The third-order valence-electron chi connectivity index (χ3n) is 8.71. The number of β-lactam (4-membered cyclic amide) rings is 1. The topological polar surface area (TPSA) is 102 Å². The number of amides is 2. The Morgan fingerprint density at radius 1 is 0.731 bits per heavy atom. The number of thiophene rings is 1. The summed E-state index contributed by atoms with van der Waals surface area (Å²) in [5.74, 6) is -1.77. The van der Waals surface area contributed by atoms with Crippen LogP contribution in [0.4, 0.5) is 0 Å². The van der Waals surface area contributed by atoms with E-state index in [-0.39, 0.29) is 23.8 Å². The van der Waals surface area contributed by atoms with Crippen molar-refractivity contribution in [3.63, 3.8) is 0 Å². The standard InChI is InChI=1S/C42H34N2O6S2/c45-34(26-33-22-13-25-51-33)43-36-40(47)44-37(42(48)50-39(30-18-9-3-10-19-30)31-20-11-4-12-21-31)32(27-52-41(36)44)23-24-35(46)49-38(28-14-5-1-6-15-28)29-16-7-2-8-17-29/h1-25,36,38-39,41H,26-27H2,(H,43,45)/t36-,41+/m1/s1. The van der Waals surface area contributed by atoms with Gasteiger partial charge in [0.2, 0.25) is 5.91 Å². The highest BCUT2D eigenvalue weighted by molar-refractivity contribution is 8.00. The SMILES string of the molecule is O=C(Cc1cccs1)N[C@@H]1C(=O)N2C(C(=O)OC(c3ccccc3)c3ccccc3)=C(C=CC(=O)OC(c3ccccc3)c3ccccc3)CS[C@@H]12. The molecule has 1 fully saturated rings. The Kier molecular flexibility index (Phi) is 10.7. The van der Waals surface area contributed by atoms with Gasteiger partial charge >= 0.3 is 11.9 Å². The zero-order valence-electron chi connectivity index (χ0n) is 27.9. The molecule has 0 radical (unpaired) electrons. The number of nitrogens with one attached hydrogen (secondary N) is 1. The molecule has 260 valence electrons. The maximum absolute atomic E-state index is 14.3. The summed E-state index contributed by atoms with van der Waals surface area (Å²) in [4.78, 5) is 56.6. The fourth-order valence-corrected chi connectivity index (χ4v) is 8.23. The van der Waals surface area contributed by atoms with Crippen LogP contribution in [0.1, 0.15) is 39.3 Å². The zero-order valence-corrected chi connectivity index (χ0v) is 29.5. The summed E-state index contributed by atoms with van der Waals surface area (Å²) in [7, 11) is 0. The lowest BCUT2D eigenvalue weighted by atomic mass is 10.0. The minimum atomic E-state index is -0.813. The molecule has 0 aliphatic carbocycles. The van der Waals surface area contributed by atoms with Crippen molar-refractivity contribution in [2.45, 2.75) is 30.0 Å². The highest BCUT2D eigenvalue weighted by Crippen LogP contribution is 2.42.